The number of hydrogen-bond donors (Lipinski definition) is 1. The van der Waals surface area contributed by atoms with Gasteiger partial charge in [-0.15, -0.1) is 0 Å². The van der Waals surface area contributed by atoms with Crippen LogP contribution in [0, 0.1) is 5.82 Å². The molecular formula is C15H24FNO3. The summed E-state index contributed by atoms with van der Waals surface area (Å²) in [7, 11) is 1.91. The Hall–Kier alpha value is -1.17. The fourth-order valence-corrected chi connectivity index (χ4v) is 1.66. The average molecular weight is 285 g/mol. The molecule has 0 saturated heterocycles. The number of ether oxygens (including phenoxy) is 2. The molecule has 1 aromatic carbocycles. The quantitative estimate of drug-likeness (QED) is 0.753. The minimum Gasteiger partial charge on any atom is -0.492 e. The largest absolute Gasteiger partial charge is 0.492 e. The van der Waals surface area contributed by atoms with Crippen LogP contribution in [0.1, 0.15) is 13.8 Å². The zero-order valence-electron chi connectivity index (χ0n) is 12.4. The van der Waals surface area contributed by atoms with E-state index in [1.807, 2.05) is 25.8 Å². The minimum absolute atomic E-state index is 0.122. The molecular weight excluding hydrogens is 261 g/mol. The standard InChI is InChI=1S/C15H24FNO3/c1-12(2)20-11-14(18)10-17(3)8-9-19-15-6-4-13(16)5-7-15/h4-7,12,14,18H,8-11H2,1-3H3. The van der Waals surface area contributed by atoms with Gasteiger partial charge in [-0.25, -0.2) is 4.39 Å². The van der Waals surface area contributed by atoms with E-state index in [0.29, 0.717) is 32.1 Å². The van der Waals surface area contributed by atoms with Crippen LogP contribution in [0.3, 0.4) is 0 Å². The van der Waals surface area contributed by atoms with Gasteiger partial charge in [0.05, 0.1) is 18.8 Å². The van der Waals surface area contributed by atoms with Crippen molar-refractivity contribution in [3.05, 3.63) is 30.1 Å². The van der Waals surface area contributed by atoms with Crippen LogP contribution in [0.4, 0.5) is 4.39 Å². The summed E-state index contributed by atoms with van der Waals surface area (Å²) in [6.45, 7) is 5.90. The van der Waals surface area contributed by atoms with Crippen LogP contribution in [0.2, 0.25) is 0 Å². The molecule has 1 unspecified atom stereocenters. The van der Waals surface area contributed by atoms with Gasteiger partial charge < -0.3 is 19.5 Å². The first-order valence-corrected chi connectivity index (χ1v) is 6.84. The molecule has 20 heavy (non-hydrogen) atoms. The first kappa shape index (κ1) is 16.9. The molecule has 4 nitrogen and oxygen atoms in total. The monoisotopic (exact) mass is 285 g/mol. The van der Waals surface area contributed by atoms with E-state index in [9.17, 15) is 9.50 Å². The van der Waals surface area contributed by atoms with Crippen molar-refractivity contribution in [2.75, 3.05) is 33.4 Å². The van der Waals surface area contributed by atoms with Gasteiger partial charge in [-0.05, 0) is 45.2 Å². The molecule has 0 aliphatic carbocycles. The smallest absolute Gasteiger partial charge is 0.123 e. The summed E-state index contributed by atoms with van der Waals surface area (Å²) in [5, 5.41) is 9.77. The lowest BCUT2D eigenvalue weighted by molar-refractivity contribution is -0.00649. The third-order valence-electron chi connectivity index (χ3n) is 2.70. The summed E-state index contributed by atoms with van der Waals surface area (Å²) in [5.41, 5.74) is 0. The van der Waals surface area contributed by atoms with Crippen molar-refractivity contribution in [3.63, 3.8) is 0 Å². The molecule has 1 aromatic rings. The molecule has 0 heterocycles. The summed E-state index contributed by atoms with van der Waals surface area (Å²) < 4.78 is 23.5. The Balaban J connectivity index is 2.16. The first-order valence-electron chi connectivity index (χ1n) is 6.84. The van der Waals surface area contributed by atoms with E-state index < -0.39 is 6.10 Å². The van der Waals surface area contributed by atoms with Gasteiger partial charge in [0.2, 0.25) is 0 Å². The molecule has 0 saturated carbocycles. The van der Waals surface area contributed by atoms with Crippen LogP contribution >= 0.6 is 0 Å². The second-order valence-electron chi connectivity index (χ2n) is 5.10. The zero-order chi connectivity index (χ0) is 15.0. The minimum atomic E-state index is -0.506. The van der Waals surface area contributed by atoms with Crippen molar-refractivity contribution >= 4 is 0 Å². The molecule has 114 valence electrons. The summed E-state index contributed by atoms with van der Waals surface area (Å²) in [6.07, 6.45) is -0.384. The lowest BCUT2D eigenvalue weighted by Gasteiger charge is -2.21. The number of rotatable bonds is 9. The van der Waals surface area contributed by atoms with Crippen LogP contribution in [0.25, 0.3) is 0 Å². The molecule has 0 aliphatic heterocycles. The van der Waals surface area contributed by atoms with E-state index >= 15 is 0 Å². The molecule has 1 N–H and O–H groups in total. The molecule has 0 spiro atoms. The Kier molecular flexibility index (Phi) is 7.51. The highest BCUT2D eigenvalue weighted by Crippen LogP contribution is 2.10. The Bertz CT molecular complexity index is 370. The Morgan fingerprint density at radius 3 is 2.50 bits per heavy atom. The van der Waals surface area contributed by atoms with E-state index in [2.05, 4.69) is 0 Å². The van der Waals surface area contributed by atoms with Crippen molar-refractivity contribution in [1.29, 1.82) is 0 Å². The second kappa shape index (κ2) is 8.89. The molecule has 0 bridgehead atoms. The van der Waals surface area contributed by atoms with Crippen LogP contribution in [-0.2, 0) is 4.74 Å². The SMILES string of the molecule is CC(C)OCC(O)CN(C)CCOc1ccc(F)cc1. The van der Waals surface area contributed by atoms with Gasteiger partial charge in [-0.2, -0.15) is 0 Å². The van der Waals surface area contributed by atoms with Crippen molar-refractivity contribution in [2.45, 2.75) is 26.1 Å². The third-order valence-corrected chi connectivity index (χ3v) is 2.70. The highest BCUT2D eigenvalue weighted by atomic mass is 19.1. The molecule has 1 atom stereocenters. The van der Waals surface area contributed by atoms with E-state index in [1.54, 1.807) is 12.1 Å². The molecule has 1 rings (SSSR count). The van der Waals surface area contributed by atoms with E-state index in [0.717, 1.165) is 0 Å². The van der Waals surface area contributed by atoms with Crippen molar-refractivity contribution in [2.24, 2.45) is 0 Å². The lowest BCUT2D eigenvalue weighted by atomic mass is 10.3. The van der Waals surface area contributed by atoms with Gasteiger partial charge in [0.15, 0.2) is 0 Å². The van der Waals surface area contributed by atoms with Gasteiger partial charge in [0.25, 0.3) is 0 Å². The maximum Gasteiger partial charge on any atom is 0.123 e. The van der Waals surface area contributed by atoms with Crippen LogP contribution in [-0.4, -0.2) is 55.6 Å². The number of benzene rings is 1. The lowest BCUT2D eigenvalue weighted by Crippen LogP contribution is -2.35. The predicted molar refractivity (Wildman–Crippen MR) is 76.5 cm³/mol. The number of aliphatic hydroxyl groups excluding tert-OH is 1. The number of aliphatic hydroxyl groups is 1. The van der Waals surface area contributed by atoms with Gasteiger partial charge in [-0.3, -0.25) is 0 Å². The number of halogens is 1. The molecule has 0 fully saturated rings. The third kappa shape index (κ3) is 7.43. The van der Waals surface area contributed by atoms with Gasteiger partial charge >= 0.3 is 0 Å². The van der Waals surface area contributed by atoms with Gasteiger partial charge in [-0.1, -0.05) is 0 Å². The first-order chi connectivity index (χ1) is 9.47. The van der Waals surface area contributed by atoms with Crippen molar-refractivity contribution < 1.29 is 19.0 Å². The average Bonchev–Trinajstić information content (AvgIpc) is 2.38. The van der Waals surface area contributed by atoms with Crippen LogP contribution in [0.5, 0.6) is 5.75 Å². The maximum atomic E-state index is 12.7. The fourth-order valence-electron chi connectivity index (χ4n) is 1.66. The predicted octanol–water partition coefficient (Wildman–Crippen LogP) is 1.92. The molecule has 0 aromatic heterocycles. The van der Waals surface area contributed by atoms with E-state index in [4.69, 9.17) is 9.47 Å². The van der Waals surface area contributed by atoms with E-state index in [1.165, 1.54) is 12.1 Å². The molecule has 0 aliphatic rings. The topological polar surface area (TPSA) is 41.9 Å². The molecule has 0 radical (unpaired) electrons. The summed E-state index contributed by atoms with van der Waals surface area (Å²) in [4.78, 5) is 1.97. The fraction of sp³-hybridized carbons (Fsp3) is 0.600. The molecule has 5 heteroatoms. The Morgan fingerprint density at radius 2 is 1.90 bits per heavy atom. The number of likely N-dealkylation sites (N-methyl/N-ethyl adjacent to an activating group) is 1. The number of nitrogens with zero attached hydrogens (tertiary/aromatic N) is 1. The van der Waals surface area contributed by atoms with Crippen molar-refractivity contribution in [3.8, 4) is 5.75 Å². The highest BCUT2D eigenvalue weighted by Gasteiger charge is 2.09. The maximum absolute atomic E-state index is 12.7. The van der Waals surface area contributed by atoms with Crippen LogP contribution < -0.4 is 4.74 Å². The Labute approximate surface area is 120 Å². The van der Waals surface area contributed by atoms with Gasteiger partial charge in [0.1, 0.15) is 18.2 Å². The summed E-state index contributed by atoms with van der Waals surface area (Å²) in [5.74, 6) is 0.367. The van der Waals surface area contributed by atoms with Gasteiger partial charge in [0, 0.05) is 13.1 Å². The second-order valence-corrected chi connectivity index (χ2v) is 5.10. The molecule has 0 amide bonds. The normalized spacial score (nSPS) is 12.9. The van der Waals surface area contributed by atoms with Crippen LogP contribution in [0.15, 0.2) is 24.3 Å². The summed E-state index contributed by atoms with van der Waals surface area (Å²) >= 11 is 0. The Morgan fingerprint density at radius 1 is 1.25 bits per heavy atom. The number of hydrogen-bond acceptors (Lipinski definition) is 4. The summed E-state index contributed by atoms with van der Waals surface area (Å²) in [6, 6.07) is 5.93. The zero-order valence-corrected chi connectivity index (χ0v) is 12.4. The highest BCUT2D eigenvalue weighted by molar-refractivity contribution is 5.21. The van der Waals surface area contributed by atoms with Crippen molar-refractivity contribution in [1.82, 2.24) is 4.90 Å². The van der Waals surface area contributed by atoms with E-state index in [-0.39, 0.29) is 11.9 Å².